The molecule has 0 aliphatic rings. The molecule has 1 atom stereocenters. The van der Waals surface area contributed by atoms with Gasteiger partial charge in [0.1, 0.15) is 6.54 Å². The van der Waals surface area contributed by atoms with Gasteiger partial charge in [0.2, 0.25) is 5.91 Å². The van der Waals surface area contributed by atoms with Gasteiger partial charge in [0.15, 0.2) is 11.0 Å². The molecular formula is C14H16F3N5OS. The maximum absolute atomic E-state index is 12.2. The van der Waals surface area contributed by atoms with Crippen molar-refractivity contribution in [2.24, 2.45) is 0 Å². The lowest BCUT2D eigenvalue weighted by molar-refractivity contribution is -0.137. The topological polar surface area (TPSA) is 72.7 Å². The number of carbonyl (C=O) groups excluding carboxylic acids is 1. The Morgan fingerprint density at radius 1 is 1.33 bits per heavy atom. The Morgan fingerprint density at radius 2 is 2.00 bits per heavy atom. The average molecular weight is 359 g/mol. The summed E-state index contributed by atoms with van der Waals surface area (Å²) in [7, 11) is 0. The molecule has 0 aromatic carbocycles. The van der Waals surface area contributed by atoms with Crippen molar-refractivity contribution in [1.82, 2.24) is 25.1 Å². The van der Waals surface area contributed by atoms with Crippen LogP contribution in [-0.4, -0.2) is 43.6 Å². The van der Waals surface area contributed by atoms with Gasteiger partial charge in [-0.25, -0.2) is 0 Å². The number of nitrogens with one attached hydrogen (secondary N) is 1. The number of thioether (sulfide) groups is 1. The van der Waals surface area contributed by atoms with E-state index in [1.807, 2.05) is 12.2 Å². The third-order valence-corrected chi connectivity index (χ3v) is 4.17. The molecule has 0 saturated heterocycles. The lowest BCUT2D eigenvalue weighted by Crippen LogP contribution is -2.38. The van der Waals surface area contributed by atoms with Crippen molar-refractivity contribution in [3.63, 3.8) is 0 Å². The summed E-state index contributed by atoms with van der Waals surface area (Å²) in [5.74, 6) is -0.0845. The van der Waals surface area contributed by atoms with Crippen LogP contribution in [0.2, 0.25) is 0 Å². The van der Waals surface area contributed by atoms with Gasteiger partial charge >= 0.3 is 6.18 Å². The highest BCUT2D eigenvalue weighted by atomic mass is 32.2. The fraction of sp³-hybridized carbons (Fsp3) is 0.429. The highest BCUT2D eigenvalue weighted by Crippen LogP contribution is 2.26. The van der Waals surface area contributed by atoms with Crippen LogP contribution in [0.4, 0.5) is 13.2 Å². The van der Waals surface area contributed by atoms with Crippen LogP contribution in [0.1, 0.15) is 13.8 Å². The lowest BCUT2D eigenvalue weighted by atomic mass is 10.2. The number of hydrogen-bond acceptors (Lipinski definition) is 5. The molecule has 2 aromatic heterocycles. The first kappa shape index (κ1) is 18.2. The van der Waals surface area contributed by atoms with Gasteiger partial charge < -0.3 is 9.88 Å². The molecular weight excluding hydrogens is 343 g/mol. The van der Waals surface area contributed by atoms with Crippen LogP contribution in [-0.2, 0) is 11.3 Å². The molecule has 0 unspecified atom stereocenters. The quantitative estimate of drug-likeness (QED) is 0.803. The van der Waals surface area contributed by atoms with E-state index in [0.29, 0.717) is 17.5 Å². The maximum Gasteiger partial charge on any atom is 0.405 e. The zero-order chi connectivity index (χ0) is 17.7. The number of hydrogen-bond donors (Lipinski definition) is 1. The summed E-state index contributed by atoms with van der Waals surface area (Å²) in [5.41, 5.74) is 0.820. The van der Waals surface area contributed by atoms with Gasteiger partial charge in [-0.3, -0.25) is 9.78 Å². The summed E-state index contributed by atoms with van der Waals surface area (Å²) in [6, 6.07) is 3.56. The SMILES string of the molecule is CCn1c(S[C@H](C)C(=O)NCC(F)(F)F)nnc1-c1ccncc1. The van der Waals surface area contributed by atoms with E-state index in [4.69, 9.17) is 0 Å². The van der Waals surface area contributed by atoms with Gasteiger partial charge in [-0.2, -0.15) is 13.2 Å². The van der Waals surface area contributed by atoms with Crippen molar-refractivity contribution in [2.75, 3.05) is 6.54 Å². The van der Waals surface area contributed by atoms with Gasteiger partial charge in [0.05, 0.1) is 5.25 Å². The molecule has 0 spiro atoms. The summed E-state index contributed by atoms with van der Waals surface area (Å²) >= 11 is 1.06. The molecule has 6 nitrogen and oxygen atoms in total. The molecule has 0 bridgehead atoms. The summed E-state index contributed by atoms with van der Waals surface area (Å²) in [6.07, 6.45) is -1.17. The van der Waals surface area contributed by atoms with Crippen LogP contribution in [0.3, 0.4) is 0 Å². The maximum atomic E-state index is 12.2. The number of nitrogens with zero attached hydrogens (tertiary/aromatic N) is 4. The summed E-state index contributed by atoms with van der Waals surface area (Å²) in [4.78, 5) is 15.7. The first-order valence-electron chi connectivity index (χ1n) is 7.16. The zero-order valence-electron chi connectivity index (χ0n) is 13.0. The van der Waals surface area contributed by atoms with Crippen LogP contribution in [0, 0.1) is 0 Å². The number of halogens is 3. The van der Waals surface area contributed by atoms with Crippen LogP contribution in [0.5, 0.6) is 0 Å². The second-order valence-corrected chi connectivity index (χ2v) is 6.19. The molecule has 0 aliphatic carbocycles. The first-order chi connectivity index (χ1) is 11.3. The second kappa shape index (κ2) is 7.65. The molecule has 0 saturated carbocycles. The molecule has 0 fully saturated rings. The van der Waals surface area contributed by atoms with E-state index in [1.54, 1.807) is 29.1 Å². The Kier molecular flexibility index (Phi) is 5.81. The molecule has 24 heavy (non-hydrogen) atoms. The van der Waals surface area contributed by atoms with E-state index in [2.05, 4.69) is 15.2 Å². The largest absolute Gasteiger partial charge is 0.405 e. The van der Waals surface area contributed by atoms with Crippen LogP contribution < -0.4 is 5.32 Å². The Morgan fingerprint density at radius 3 is 2.58 bits per heavy atom. The molecule has 0 aliphatic heterocycles. The molecule has 0 radical (unpaired) electrons. The molecule has 10 heteroatoms. The fourth-order valence-electron chi connectivity index (χ4n) is 1.92. The van der Waals surface area contributed by atoms with Crippen molar-refractivity contribution in [1.29, 1.82) is 0 Å². The minimum Gasteiger partial charge on any atom is -0.346 e. The minimum atomic E-state index is -4.43. The fourth-order valence-corrected chi connectivity index (χ4v) is 2.86. The number of alkyl halides is 3. The van der Waals surface area contributed by atoms with Gasteiger partial charge in [-0.1, -0.05) is 11.8 Å². The van der Waals surface area contributed by atoms with E-state index < -0.39 is 23.9 Å². The van der Waals surface area contributed by atoms with Crippen LogP contribution in [0.15, 0.2) is 29.7 Å². The van der Waals surface area contributed by atoms with Crippen molar-refractivity contribution in [2.45, 2.75) is 37.0 Å². The molecule has 2 aromatic rings. The highest BCUT2D eigenvalue weighted by Gasteiger charge is 2.29. The monoisotopic (exact) mass is 359 g/mol. The summed E-state index contributed by atoms with van der Waals surface area (Å²) < 4.78 is 38.3. The molecule has 130 valence electrons. The van der Waals surface area contributed by atoms with Crippen molar-refractivity contribution in [3.8, 4) is 11.4 Å². The number of carbonyl (C=O) groups is 1. The normalized spacial score (nSPS) is 12.9. The zero-order valence-corrected chi connectivity index (χ0v) is 13.9. The van der Waals surface area contributed by atoms with Gasteiger partial charge in [0, 0.05) is 24.5 Å². The minimum absolute atomic E-state index is 0.471. The predicted molar refractivity (Wildman–Crippen MR) is 83.3 cm³/mol. The molecule has 1 amide bonds. The highest BCUT2D eigenvalue weighted by molar-refractivity contribution is 8.00. The van der Waals surface area contributed by atoms with Crippen molar-refractivity contribution < 1.29 is 18.0 Å². The standard InChI is InChI=1S/C14H16F3N5OS/c1-3-22-11(10-4-6-18-7-5-10)20-21-13(22)24-9(2)12(23)19-8-14(15,16)17/h4-7,9H,3,8H2,1-2H3,(H,19,23)/t9-/m1/s1. The number of aromatic nitrogens is 4. The third kappa shape index (κ3) is 4.70. The smallest absolute Gasteiger partial charge is 0.346 e. The van der Waals surface area contributed by atoms with E-state index in [9.17, 15) is 18.0 Å². The second-order valence-electron chi connectivity index (χ2n) is 4.88. The Hall–Kier alpha value is -2.10. The average Bonchev–Trinajstić information content (AvgIpc) is 2.95. The number of pyridine rings is 1. The van der Waals surface area contributed by atoms with E-state index in [0.717, 1.165) is 17.3 Å². The Bertz CT molecular complexity index is 689. The van der Waals surface area contributed by atoms with E-state index >= 15 is 0 Å². The van der Waals surface area contributed by atoms with Crippen molar-refractivity contribution >= 4 is 17.7 Å². The Labute approximate surface area is 140 Å². The van der Waals surface area contributed by atoms with E-state index in [1.165, 1.54) is 6.92 Å². The summed E-state index contributed by atoms with van der Waals surface area (Å²) in [6.45, 7) is 2.63. The van der Waals surface area contributed by atoms with Gasteiger partial charge in [-0.15, -0.1) is 10.2 Å². The van der Waals surface area contributed by atoms with Crippen molar-refractivity contribution in [3.05, 3.63) is 24.5 Å². The molecule has 1 N–H and O–H groups in total. The third-order valence-electron chi connectivity index (χ3n) is 3.09. The Balaban J connectivity index is 2.10. The van der Waals surface area contributed by atoms with Crippen LogP contribution in [0.25, 0.3) is 11.4 Å². The van der Waals surface area contributed by atoms with E-state index in [-0.39, 0.29) is 0 Å². The van der Waals surface area contributed by atoms with Crippen LogP contribution >= 0.6 is 11.8 Å². The summed E-state index contributed by atoms with van der Waals surface area (Å²) in [5, 5.41) is 9.77. The molecule has 2 heterocycles. The lowest BCUT2D eigenvalue weighted by Gasteiger charge is -2.13. The number of amides is 1. The molecule has 2 rings (SSSR count). The van der Waals surface area contributed by atoms with Gasteiger partial charge in [0.25, 0.3) is 0 Å². The van der Waals surface area contributed by atoms with Gasteiger partial charge in [-0.05, 0) is 26.0 Å². The predicted octanol–water partition coefficient (Wildman–Crippen LogP) is 2.52. The number of rotatable bonds is 6. The first-order valence-corrected chi connectivity index (χ1v) is 8.04.